The van der Waals surface area contributed by atoms with Crippen LogP contribution in [0.25, 0.3) is 0 Å². The lowest BCUT2D eigenvalue weighted by Crippen LogP contribution is -2.50. The first-order valence-corrected chi connectivity index (χ1v) is 11.6. The molecule has 0 aromatic heterocycles. The number of urea groups is 1. The maximum absolute atomic E-state index is 13.3. The molecule has 1 N–H and O–H groups in total. The summed E-state index contributed by atoms with van der Waals surface area (Å²) in [4.78, 5) is 29.5. The van der Waals surface area contributed by atoms with Crippen molar-refractivity contribution in [1.29, 1.82) is 0 Å². The number of nitrogens with zero attached hydrogens (tertiary/aromatic N) is 2. The molecule has 32 heavy (non-hydrogen) atoms. The van der Waals surface area contributed by atoms with E-state index in [1.165, 1.54) is 20.0 Å². The summed E-state index contributed by atoms with van der Waals surface area (Å²) in [6.07, 6.45) is 4.34. The summed E-state index contributed by atoms with van der Waals surface area (Å²) in [5.41, 5.74) is 2.24. The number of ether oxygens (including phenoxy) is 1. The molecule has 6 nitrogen and oxygen atoms in total. The molecular formula is C26H35N3O3. The van der Waals surface area contributed by atoms with Gasteiger partial charge in [-0.3, -0.25) is 0 Å². The van der Waals surface area contributed by atoms with Crippen LogP contribution in [0.3, 0.4) is 0 Å². The van der Waals surface area contributed by atoms with E-state index < -0.39 is 5.97 Å². The lowest BCUT2D eigenvalue weighted by Gasteiger charge is -2.40. The van der Waals surface area contributed by atoms with Gasteiger partial charge in [-0.15, -0.1) is 0 Å². The van der Waals surface area contributed by atoms with E-state index in [0.29, 0.717) is 23.8 Å². The third-order valence-electron chi connectivity index (χ3n) is 6.28. The van der Waals surface area contributed by atoms with Gasteiger partial charge in [-0.1, -0.05) is 43.7 Å². The number of nitrogens with one attached hydrogen (secondary N) is 1. The number of rotatable bonds is 8. The summed E-state index contributed by atoms with van der Waals surface area (Å²) in [7, 11) is 1.35. The van der Waals surface area contributed by atoms with Gasteiger partial charge in [0.2, 0.25) is 0 Å². The first kappa shape index (κ1) is 23.8. The molecule has 3 rings (SSSR count). The minimum atomic E-state index is -0.391. The number of methoxy groups -OCH3 is 1. The zero-order chi connectivity index (χ0) is 22.9. The SMILES string of the molecule is CCCC(C)N1CCC(N(Cc2ccccc2)C(=O)Nc2ccc(C(=O)OC)cc2)CC1. The van der Waals surface area contributed by atoms with Crippen LogP contribution in [-0.4, -0.2) is 54.1 Å². The van der Waals surface area contributed by atoms with Crippen LogP contribution in [0.15, 0.2) is 54.6 Å². The second-order valence-electron chi connectivity index (χ2n) is 8.52. The van der Waals surface area contributed by atoms with Gasteiger partial charge in [0.05, 0.1) is 12.7 Å². The molecule has 6 heteroatoms. The van der Waals surface area contributed by atoms with Crippen molar-refractivity contribution in [3.8, 4) is 0 Å². The molecule has 0 aliphatic carbocycles. The maximum atomic E-state index is 13.3. The average Bonchev–Trinajstić information content (AvgIpc) is 2.83. The molecule has 1 heterocycles. The average molecular weight is 438 g/mol. The zero-order valence-electron chi connectivity index (χ0n) is 19.4. The summed E-state index contributed by atoms with van der Waals surface area (Å²) in [6.45, 7) is 7.13. The van der Waals surface area contributed by atoms with Crippen molar-refractivity contribution in [2.24, 2.45) is 0 Å². The molecule has 2 aromatic rings. The first-order valence-electron chi connectivity index (χ1n) is 11.6. The van der Waals surface area contributed by atoms with Gasteiger partial charge in [-0.25, -0.2) is 9.59 Å². The molecular weight excluding hydrogens is 402 g/mol. The highest BCUT2D eigenvalue weighted by Crippen LogP contribution is 2.23. The highest BCUT2D eigenvalue weighted by Gasteiger charge is 2.29. The van der Waals surface area contributed by atoms with Crippen molar-refractivity contribution in [1.82, 2.24) is 9.80 Å². The Kier molecular flexibility index (Phi) is 8.68. The highest BCUT2D eigenvalue weighted by molar-refractivity contribution is 5.92. The van der Waals surface area contributed by atoms with E-state index in [1.54, 1.807) is 24.3 Å². The minimum absolute atomic E-state index is 0.111. The molecule has 2 aromatic carbocycles. The number of piperidine rings is 1. The molecule has 172 valence electrons. The molecule has 1 fully saturated rings. The van der Waals surface area contributed by atoms with Gasteiger partial charge in [0.25, 0.3) is 0 Å². The van der Waals surface area contributed by atoms with Crippen LogP contribution in [0, 0.1) is 0 Å². The number of esters is 1. The summed E-state index contributed by atoms with van der Waals surface area (Å²) in [5, 5.41) is 3.02. The summed E-state index contributed by atoms with van der Waals surface area (Å²) in [5.74, 6) is -0.391. The number of carbonyl (C=O) groups is 2. The van der Waals surface area contributed by atoms with Crippen molar-refractivity contribution >= 4 is 17.7 Å². The Labute approximate surface area is 191 Å². The van der Waals surface area contributed by atoms with Gasteiger partial charge >= 0.3 is 12.0 Å². The van der Waals surface area contributed by atoms with E-state index in [1.807, 2.05) is 23.1 Å². The van der Waals surface area contributed by atoms with Gasteiger partial charge < -0.3 is 19.9 Å². The fraction of sp³-hybridized carbons (Fsp3) is 0.462. The van der Waals surface area contributed by atoms with Gasteiger partial charge in [-0.05, 0) is 56.0 Å². The molecule has 1 aliphatic rings. The number of anilines is 1. The Balaban J connectivity index is 1.70. The number of amides is 2. The van der Waals surface area contributed by atoms with Crippen LogP contribution < -0.4 is 5.32 Å². The van der Waals surface area contributed by atoms with Crippen molar-refractivity contribution < 1.29 is 14.3 Å². The fourth-order valence-corrected chi connectivity index (χ4v) is 4.39. The molecule has 0 bridgehead atoms. The number of hydrogen-bond donors (Lipinski definition) is 1. The van der Waals surface area contributed by atoms with Crippen LogP contribution in [0.4, 0.5) is 10.5 Å². The topological polar surface area (TPSA) is 61.9 Å². The largest absolute Gasteiger partial charge is 0.465 e. The molecule has 0 saturated carbocycles. The van der Waals surface area contributed by atoms with Crippen molar-refractivity contribution in [3.05, 3.63) is 65.7 Å². The zero-order valence-corrected chi connectivity index (χ0v) is 19.4. The Morgan fingerprint density at radius 1 is 1.09 bits per heavy atom. The Morgan fingerprint density at radius 2 is 1.75 bits per heavy atom. The van der Waals surface area contributed by atoms with E-state index in [-0.39, 0.29) is 12.1 Å². The number of carbonyl (C=O) groups excluding carboxylic acids is 2. The maximum Gasteiger partial charge on any atom is 0.337 e. The van der Waals surface area contributed by atoms with Crippen LogP contribution in [0.2, 0.25) is 0 Å². The van der Waals surface area contributed by atoms with E-state index in [2.05, 4.69) is 36.2 Å². The third-order valence-corrected chi connectivity index (χ3v) is 6.28. The lowest BCUT2D eigenvalue weighted by molar-refractivity contribution is 0.0600. The Morgan fingerprint density at radius 3 is 2.34 bits per heavy atom. The van der Waals surface area contributed by atoms with Crippen LogP contribution in [0.1, 0.15) is 55.5 Å². The lowest BCUT2D eigenvalue weighted by atomic mass is 10.00. The Bertz CT molecular complexity index is 862. The van der Waals surface area contributed by atoms with E-state index in [9.17, 15) is 9.59 Å². The monoisotopic (exact) mass is 437 g/mol. The predicted molar refractivity (Wildman–Crippen MR) is 128 cm³/mol. The summed E-state index contributed by atoms with van der Waals surface area (Å²) < 4.78 is 4.74. The molecule has 0 spiro atoms. The van der Waals surface area contributed by atoms with Crippen molar-refractivity contribution in [3.63, 3.8) is 0 Å². The molecule has 2 amide bonds. The Hall–Kier alpha value is -2.86. The number of benzene rings is 2. The van der Waals surface area contributed by atoms with Crippen LogP contribution >= 0.6 is 0 Å². The van der Waals surface area contributed by atoms with Crippen LogP contribution in [-0.2, 0) is 11.3 Å². The molecule has 1 unspecified atom stereocenters. The molecule has 1 aliphatic heterocycles. The summed E-state index contributed by atoms with van der Waals surface area (Å²) in [6, 6.07) is 17.6. The standard InChI is InChI=1S/C26H35N3O3/c1-4-8-20(2)28-17-15-24(16-18-28)29(19-21-9-6-5-7-10-21)26(31)27-23-13-11-22(12-14-23)25(30)32-3/h5-7,9-14,20,24H,4,8,15-19H2,1-3H3,(H,27,31). The molecule has 0 radical (unpaired) electrons. The minimum Gasteiger partial charge on any atom is -0.465 e. The number of hydrogen-bond acceptors (Lipinski definition) is 4. The van der Waals surface area contributed by atoms with E-state index in [4.69, 9.17) is 4.74 Å². The van der Waals surface area contributed by atoms with Gasteiger partial charge in [-0.2, -0.15) is 0 Å². The molecule has 1 saturated heterocycles. The van der Waals surface area contributed by atoms with Crippen molar-refractivity contribution in [2.45, 2.75) is 58.2 Å². The second kappa shape index (κ2) is 11.7. The number of likely N-dealkylation sites (tertiary alicyclic amines) is 1. The van der Waals surface area contributed by atoms with Gasteiger partial charge in [0.15, 0.2) is 0 Å². The third kappa shape index (κ3) is 6.33. The van der Waals surface area contributed by atoms with E-state index >= 15 is 0 Å². The quantitative estimate of drug-likeness (QED) is 0.580. The smallest absolute Gasteiger partial charge is 0.337 e. The van der Waals surface area contributed by atoms with Gasteiger partial charge in [0, 0.05) is 37.4 Å². The molecule has 1 atom stereocenters. The second-order valence-corrected chi connectivity index (χ2v) is 8.52. The normalized spacial score (nSPS) is 15.7. The van der Waals surface area contributed by atoms with Gasteiger partial charge in [0.1, 0.15) is 0 Å². The van der Waals surface area contributed by atoms with Crippen molar-refractivity contribution in [2.75, 3.05) is 25.5 Å². The first-order chi connectivity index (χ1) is 15.5. The predicted octanol–water partition coefficient (Wildman–Crippen LogP) is 5.16. The van der Waals surface area contributed by atoms with E-state index in [0.717, 1.165) is 31.5 Å². The highest BCUT2D eigenvalue weighted by atomic mass is 16.5. The van der Waals surface area contributed by atoms with Crippen LogP contribution in [0.5, 0.6) is 0 Å². The fourth-order valence-electron chi connectivity index (χ4n) is 4.39. The summed E-state index contributed by atoms with van der Waals surface area (Å²) >= 11 is 0.